The van der Waals surface area contributed by atoms with E-state index in [1.165, 1.54) is 73.3 Å². The third kappa shape index (κ3) is 41.1. The van der Waals surface area contributed by atoms with Crippen molar-refractivity contribution in [1.82, 2.24) is 95.3 Å². The zero-order valence-electron chi connectivity index (χ0n) is 83.1. The van der Waals surface area contributed by atoms with Crippen LogP contribution in [0.15, 0.2) is 23.5 Å². The molecule has 0 spiro atoms. The molecule has 2 rings (SSSR count). The Labute approximate surface area is 806 Å². The van der Waals surface area contributed by atoms with E-state index in [1.807, 2.05) is 0 Å². The number of carbonyl (C=O) groups is 21. The lowest BCUT2D eigenvalue weighted by Gasteiger charge is -2.32. The van der Waals surface area contributed by atoms with Gasteiger partial charge in [0.1, 0.15) is 114 Å². The number of hydrogen-bond donors (Lipinski definition) is 24. The number of nitrogens with one attached hydrogen (secondary N) is 17. The molecule has 0 aromatic heterocycles. The molecule has 138 heavy (non-hydrogen) atoms. The lowest BCUT2D eigenvalue weighted by Crippen LogP contribution is -2.63. The number of nitrogens with two attached hydrogens (primary N) is 3. The maximum atomic E-state index is 14.7. The van der Waals surface area contributed by atoms with Gasteiger partial charge < -0.3 is 138 Å². The van der Waals surface area contributed by atoms with E-state index in [-0.39, 0.29) is 120 Å². The van der Waals surface area contributed by atoms with Crippen LogP contribution in [0.5, 0.6) is 0 Å². The van der Waals surface area contributed by atoms with E-state index in [1.54, 1.807) is 69.2 Å². The van der Waals surface area contributed by atoms with E-state index in [0.717, 1.165) is 6.08 Å². The number of carboxylic acid groups (broad SMARTS) is 1. The fourth-order valence-electron chi connectivity index (χ4n) is 14.8. The van der Waals surface area contributed by atoms with Crippen LogP contribution in [0.4, 0.5) is 0 Å². The molecule has 18 atom stereocenters. The molecule has 0 radical (unpaired) electrons. The number of aliphatic hydroxyl groups is 3. The zero-order chi connectivity index (χ0) is 105. The summed E-state index contributed by atoms with van der Waals surface area (Å²) in [5.41, 5.74) is 16.5. The summed E-state index contributed by atoms with van der Waals surface area (Å²) in [6.07, 6.45) is -0.0482. The molecule has 0 aromatic carbocycles. The largest absolute Gasteiger partial charge is 0.481 e. The van der Waals surface area contributed by atoms with Crippen LogP contribution < -0.4 is 108 Å². The minimum atomic E-state index is -1.89. The monoisotopic (exact) mass is 1960 g/mol. The first-order valence-electron chi connectivity index (χ1n) is 47.5. The highest BCUT2D eigenvalue weighted by Gasteiger charge is 2.44. The fraction of sp³-hybridized carbons (Fsp3) is 0.725. The number of aliphatic carboxylic acids is 1. The number of likely N-dealkylation sites (tertiary alicyclic amines) is 1. The highest BCUT2D eigenvalue weighted by atomic mass is 16.5. The van der Waals surface area contributed by atoms with Crippen molar-refractivity contribution in [3.63, 3.8) is 0 Å². The Morgan fingerprint density at radius 2 is 0.884 bits per heavy atom. The van der Waals surface area contributed by atoms with Gasteiger partial charge in [-0.25, -0.2) is 4.79 Å². The molecule has 2 heterocycles. The van der Waals surface area contributed by atoms with Crippen LogP contribution in [0.3, 0.4) is 0 Å². The molecule has 2 saturated heterocycles. The van der Waals surface area contributed by atoms with E-state index in [4.69, 9.17) is 27.0 Å². The lowest BCUT2D eigenvalue weighted by atomic mass is 9.96. The van der Waals surface area contributed by atoms with E-state index in [9.17, 15) is 116 Å². The summed E-state index contributed by atoms with van der Waals surface area (Å²) in [6.45, 7) is 27.5. The summed E-state index contributed by atoms with van der Waals surface area (Å²) in [6, 6.07) is -24.3. The Morgan fingerprint density at radius 3 is 1.31 bits per heavy atom. The predicted molar refractivity (Wildman–Crippen MR) is 503 cm³/mol. The molecule has 47 nitrogen and oxygen atoms in total. The standard InChI is InChI=1S/C91H155N21O26/c1-20-51(18)72-88(134)99-57(34-38-113)77(123)97-56(33-36-93)76(122)100-58(27-23-24-35-92)91(137)138-52(19)73(89(135)110-72)111-74(120)53(21-2)96-84(130)68(47(10)11)106-78(124)59(39-44(4)5)101-75(121)55(31-32-65(94)116)98-85(131)70(49(14)15)109-87(133)71(50(16)17)108-80(126)61(41-46(8)9)103-82(128)63(43-115)105-86(132)69(48(12)13)107-79(125)60(40-45(6)7)102-81(127)62(42-114)104-83(129)64-28-26-37-112(64)90(136)54(22-3)95-66(117)29-25-30-67(118)119/h21-22,44-52,55-64,68-73,113-115H,20,23-43,92-93H2,1-19H3,(H2,94,116)(H,95,117)(H,96,130)(H,97,123)(H,98,131)(H,99,134)(H,100,122)(H,101,121)(H,102,127)(H,103,128)(H,104,129)(H,105,132)(H,106,124)(H,107,125)(H,108,126)(H,109,133)(H,110,135)(H,111,120)(H,118,119)/b53-21-,54-22-/t51-,52+,55+,56+,57-,58-,59-,60-,61+,62-,63+,64+,68+,69+,70-,71+,72-,73+/m0/s1. The summed E-state index contributed by atoms with van der Waals surface area (Å²) in [4.78, 5) is 294. The van der Waals surface area contributed by atoms with E-state index in [0.29, 0.717) is 12.8 Å². The molecule has 0 aromatic rings. The minimum Gasteiger partial charge on any atom is -0.481 e. The van der Waals surface area contributed by atoms with Gasteiger partial charge in [0.2, 0.25) is 100 Å². The molecule has 0 unspecified atom stereocenters. The number of esters is 1. The Kier molecular flexibility index (Phi) is 54.4. The smallest absolute Gasteiger partial charge is 0.328 e. The van der Waals surface area contributed by atoms with Crippen LogP contribution in [0, 0.1) is 47.3 Å². The van der Waals surface area contributed by atoms with E-state index >= 15 is 0 Å². The van der Waals surface area contributed by atoms with Gasteiger partial charge in [0.05, 0.1) is 13.2 Å². The van der Waals surface area contributed by atoms with Gasteiger partial charge in [-0.15, -0.1) is 0 Å². The molecule has 780 valence electrons. The number of ether oxygens (including phenoxy) is 1. The quantitative estimate of drug-likeness (QED) is 0.0155. The number of aliphatic hydroxyl groups excluding tert-OH is 3. The number of unbranched alkanes of at least 4 members (excludes halogenated alkanes) is 1. The summed E-state index contributed by atoms with van der Waals surface area (Å²) < 4.78 is 5.83. The SMILES string of the molecule is C/C=C(\NC(=O)[C@H](NC(=O)[C@H](CC(C)C)NC(=O)[C@@H](CCC(N)=O)NC(=O)[C@@H](NC(=O)[C@H](NC(=O)[C@@H](CC(C)C)NC(=O)[C@@H](CO)NC(=O)[C@H](NC(=O)[C@H](CC(C)C)NC(=O)[C@H](CO)NC(=O)[C@H]1CCCN1C(=O)/C(=C/C)NC(=O)CCCC(=O)O)C(C)C)C(C)C)C(C)C)C(C)C)C(=O)N[C@H]1C(=O)N[C@@H]([C@@H](C)CC)C(=O)N[C@@H](CCO)C(=O)N[C@H](CCN)C(=O)N[C@@H](CCCCN)C(=O)O[C@@H]1C. The van der Waals surface area contributed by atoms with Gasteiger partial charge in [0.15, 0.2) is 0 Å². The number of carbonyl (C=O) groups excluding carboxylic acids is 20. The number of amides is 19. The van der Waals surface area contributed by atoms with Crippen LogP contribution in [-0.4, -0.2) is 292 Å². The maximum Gasteiger partial charge on any atom is 0.328 e. The molecular weight excluding hydrogens is 1800 g/mol. The first-order valence-corrected chi connectivity index (χ1v) is 47.5. The molecule has 2 aliphatic heterocycles. The van der Waals surface area contributed by atoms with Crippen LogP contribution in [0.2, 0.25) is 0 Å². The maximum absolute atomic E-state index is 14.7. The second-order valence-corrected chi connectivity index (χ2v) is 37.4. The third-order valence-electron chi connectivity index (χ3n) is 23.0. The Bertz CT molecular complexity index is 4240. The lowest BCUT2D eigenvalue weighted by molar-refractivity contribution is -0.156. The molecule has 0 saturated carbocycles. The number of cyclic esters (lactones) is 1. The number of primary amides is 1. The number of hydrogen-bond acceptors (Lipinski definition) is 27. The fourth-order valence-corrected chi connectivity index (χ4v) is 14.8. The van der Waals surface area contributed by atoms with Gasteiger partial charge in [-0.1, -0.05) is 129 Å². The van der Waals surface area contributed by atoms with Crippen molar-refractivity contribution in [3.05, 3.63) is 23.5 Å². The number of carboxylic acids is 1. The molecule has 19 amide bonds. The third-order valence-corrected chi connectivity index (χ3v) is 23.0. The minimum absolute atomic E-state index is 0.00111. The van der Waals surface area contributed by atoms with Crippen molar-refractivity contribution in [3.8, 4) is 0 Å². The molecule has 27 N–H and O–H groups in total. The van der Waals surface area contributed by atoms with Crippen molar-refractivity contribution >= 4 is 124 Å². The van der Waals surface area contributed by atoms with Gasteiger partial charge in [-0.2, -0.15) is 0 Å². The number of allylic oxidation sites excluding steroid dienone is 2. The number of nitrogens with zero attached hydrogens (tertiary/aromatic N) is 1. The molecule has 0 aliphatic carbocycles. The number of rotatable bonds is 55. The van der Waals surface area contributed by atoms with Crippen LogP contribution >= 0.6 is 0 Å². The van der Waals surface area contributed by atoms with Crippen LogP contribution in [0.25, 0.3) is 0 Å². The topological polar surface area (TPSA) is 734 Å². The first kappa shape index (κ1) is 122. The van der Waals surface area contributed by atoms with Crippen molar-refractivity contribution in [2.45, 2.75) is 337 Å². The van der Waals surface area contributed by atoms with Crippen molar-refractivity contribution in [2.75, 3.05) is 39.5 Å². The van der Waals surface area contributed by atoms with Crippen molar-refractivity contribution in [2.24, 2.45) is 64.5 Å². The highest BCUT2D eigenvalue weighted by Crippen LogP contribution is 2.23. The Balaban J connectivity index is 2.46. The van der Waals surface area contributed by atoms with Gasteiger partial charge >= 0.3 is 11.9 Å². The van der Waals surface area contributed by atoms with Crippen LogP contribution in [0.1, 0.15) is 234 Å². The zero-order valence-corrected chi connectivity index (χ0v) is 83.1. The summed E-state index contributed by atoms with van der Waals surface area (Å²) in [5.74, 6) is -25.0. The van der Waals surface area contributed by atoms with Crippen molar-refractivity contribution in [1.29, 1.82) is 0 Å². The molecule has 2 aliphatic rings. The average Bonchev–Trinajstić information content (AvgIpc) is 1.80. The normalized spacial score (nSPS) is 19.9. The van der Waals surface area contributed by atoms with Crippen molar-refractivity contribution < 1.29 is 126 Å². The Hall–Kier alpha value is -11.8. The van der Waals surface area contributed by atoms with E-state index < -0.39 is 295 Å². The molecular formula is C91H155N21O26. The summed E-state index contributed by atoms with van der Waals surface area (Å²) >= 11 is 0. The molecule has 0 bridgehead atoms. The van der Waals surface area contributed by atoms with Gasteiger partial charge in [0, 0.05) is 32.4 Å². The van der Waals surface area contributed by atoms with E-state index in [2.05, 4.69) is 90.4 Å². The van der Waals surface area contributed by atoms with Gasteiger partial charge in [-0.3, -0.25) is 95.9 Å². The second-order valence-electron chi connectivity index (χ2n) is 37.4. The van der Waals surface area contributed by atoms with Crippen LogP contribution in [-0.2, 0) is 105 Å². The Morgan fingerprint density at radius 1 is 0.464 bits per heavy atom. The summed E-state index contributed by atoms with van der Waals surface area (Å²) in [5, 5.41) is 83.2. The van der Waals surface area contributed by atoms with Gasteiger partial charge in [0.25, 0.3) is 11.8 Å². The molecule has 2 fully saturated rings. The molecule has 47 heteroatoms. The second kappa shape index (κ2) is 61.5. The predicted octanol–water partition coefficient (Wildman–Crippen LogP) is -4.59. The average molecular weight is 1960 g/mol. The van der Waals surface area contributed by atoms with Gasteiger partial charge in [-0.05, 0) is 158 Å². The highest BCUT2D eigenvalue weighted by molar-refractivity contribution is 6.05. The first-order chi connectivity index (χ1) is 64.7. The summed E-state index contributed by atoms with van der Waals surface area (Å²) in [7, 11) is 0.